The Kier molecular flexibility index (Phi) is 3.67. The molecule has 0 aliphatic carbocycles. The lowest BCUT2D eigenvalue weighted by molar-refractivity contribution is 0.146. The Bertz CT molecular complexity index is 231. The van der Waals surface area contributed by atoms with E-state index in [1.807, 2.05) is 0 Å². The summed E-state index contributed by atoms with van der Waals surface area (Å²) in [5.41, 5.74) is 4.70. The average Bonchev–Trinajstić information content (AvgIpc) is 1.88. The number of alkyl halides is 2. The van der Waals surface area contributed by atoms with Crippen molar-refractivity contribution in [1.29, 1.82) is 0 Å². The molecule has 0 unspecified atom stereocenters. The summed E-state index contributed by atoms with van der Waals surface area (Å²) in [5, 5.41) is 0. The maximum Gasteiger partial charge on any atom is 0.280 e. The van der Waals surface area contributed by atoms with E-state index < -0.39 is 6.43 Å². The molecule has 0 radical (unpaired) electrons. The number of nitrogens with zero attached hydrogens (tertiary/aromatic N) is 2. The molecule has 11 heavy (non-hydrogen) atoms. The molecule has 0 saturated carbocycles. The zero-order valence-electron chi connectivity index (χ0n) is 5.37. The molecule has 1 heterocycles. The van der Waals surface area contributed by atoms with Gasteiger partial charge >= 0.3 is 0 Å². The molecule has 2 N–H and O–H groups in total. The highest BCUT2D eigenvalue weighted by Crippen LogP contribution is 2.14. The molecule has 6 heteroatoms. The van der Waals surface area contributed by atoms with E-state index >= 15 is 0 Å². The van der Waals surface area contributed by atoms with Crippen LogP contribution in [0.2, 0.25) is 0 Å². The summed E-state index contributed by atoms with van der Waals surface area (Å²) in [6, 6.07) is 1.13. The van der Waals surface area contributed by atoms with Crippen LogP contribution < -0.4 is 5.73 Å². The topological polar surface area (TPSA) is 51.8 Å². The Hall–Kier alpha value is -0.970. The number of nitrogens with two attached hydrogens (primary N) is 1. The molecule has 0 atom stereocenters. The van der Waals surface area contributed by atoms with Crippen molar-refractivity contribution in [2.24, 2.45) is 0 Å². The number of nitrogen functional groups attached to an aromatic ring is 1. The van der Waals surface area contributed by atoms with Crippen molar-refractivity contribution in [3.8, 4) is 0 Å². The highest BCUT2D eigenvalue weighted by Gasteiger charge is 2.07. The van der Waals surface area contributed by atoms with Crippen LogP contribution in [0.25, 0.3) is 0 Å². The summed E-state index contributed by atoms with van der Waals surface area (Å²) in [6.45, 7) is 0. The first kappa shape index (κ1) is 10.0. The van der Waals surface area contributed by atoms with Crippen LogP contribution in [0.4, 0.5) is 14.7 Å². The summed E-state index contributed by atoms with van der Waals surface area (Å²) in [5.74, 6) is -0.127. The van der Waals surface area contributed by atoms with Crippen LogP contribution in [0, 0.1) is 0 Å². The maximum absolute atomic E-state index is 11.8. The Morgan fingerprint density at radius 1 is 1.45 bits per heavy atom. The monoisotopic (exact) mass is 181 g/mol. The number of halogens is 3. The molecule has 1 aromatic rings. The van der Waals surface area contributed by atoms with E-state index in [-0.39, 0.29) is 24.0 Å². The van der Waals surface area contributed by atoms with Gasteiger partial charge < -0.3 is 5.73 Å². The lowest BCUT2D eigenvalue weighted by atomic mass is 10.4. The molecule has 1 aromatic heterocycles. The molecule has 0 saturated heterocycles. The Labute approximate surface area is 68.1 Å². The fourth-order valence-corrected chi connectivity index (χ4v) is 0.510. The summed E-state index contributed by atoms with van der Waals surface area (Å²) in [4.78, 5) is 6.74. The second kappa shape index (κ2) is 4.02. The predicted octanol–water partition coefficient (Wildman–Crippen LogP) is 1.42. The van der Waals surface area contributed by atoms with Crippen LogP contribution in [-0.2, 0) is 0 Å². The van der Waals surface area contributed by atoms with Gasteiger partial charge in [-0.05, 0) is 6.07 Å². The van der Waals surface area contributed by atoms with Gasteiger partial charge in [0.05, 0.1) is 0 Å². The van der Waals surface area contributed by atoms with Crippen LogP contribution in [-0.4, -0.2) is 9.97 Å². The molecular weight excluding hydrogens is 176 g/mol. The van der Waals surface area contributed by atoms with E-state index in [4.69, 9.17) is 5.73 Å². The Morgan fingerprint density at radius 3 is 2.45 bits per heavy atom. The van der Waals surface area contributed by atoms with E-state index in [2.05, 4.69) is 9.97 Å². The minimum absolute atomic E-state index is 0. The van der Waals surface area contributed by atoms with E-state index in [0.717, 1.165) is 6.07 Å². The molecule has 0 bridgehead atoms. The first-order valence-corrected chi connectivity index (χ1v) is 2.56. The van der Waals surface area contributed by atoms with Crippen LogP contribution in [0.3, 0.4) is 0 Å². The fourth-order valence-electron chi connectivity index (χ4n) is 0.510. The molecule has 0 aromatic carbocycles. The van der Waals surface area contributed by atoms with Crippen molar-refractivity contribution in [1.82, 2.24) is 9.97 Å². The lowest BCUT2D eigenvalue weighted by Crippen LogP contribution is -1.97. The van der Waals surface area contributed by atoms with Crippen molar-refractivity contribution >= 4 is 18.4 Å². The third kappa shape index (κ3) is 2.63. The number of hydrogen-bond acceptors (Lipinski definition) is 3. The van der Waals surface area contributed by atoms with Crippen LogP contribution >= 0.6 is 12.4 Å². The number of aromatic nitrogens is 2. The molecule has 0 spiro atoms. The van der Waals surface area contributed by atoms with Crippen LogP contribution in [0.5, 0.6) is 0 Å². The lowest BCUT2D eigenvalue weighted by Gasteiger charge is -1.96. The predicted molar refractivity (Wildman–Crippen MR) is 38.6 cm³/mol. The first-order valence-electron chi connectivity index (χ1n) is 2.56. The van der Waals surface area contributed by atoms with E-state index in [1.165, 1.54) is 6.20 Å². The number of anilines is 1. The summed E-state index contributed by atoms with van der Waals surface area (Å²) >= 11 is 0. The minimum atomic E-state index is -2.58. The second-order valence-electron chi connectivity index (χ2n) is 1.64. The average molecular weight is 182 g/mol. The summed E-state index contributed by atoms with van der Waals surface area (Å²) in [7, 11) is 0. The van der Waals surface area contributed by atoms with Gasteiger partial charge in [-0.25, -0.2) is 18.7 Å². The largest absolute Gasteiger partial charge is 0.368 e. The number of rotatable bonds is 1. The van der Waals surface area contributed by atoms with Gasteiger partial charge in [0.15, 0.2) is 0 Å². The van der Waals surface area contributed by atoms with Crippen molar-refractivity contribution in [3.63, 3.8) is 0 Å². The van der Waals surface area contributed by atoms with Gasteiger partial charge in [0.25, 0.3) is 6.43 Å². The molecule has 0 fully saturated rings. The van der Waals surface area contributed by atoms with Gasteiger partial charge in [0.1, 0.15) is 5.69 Å². The normalized spacial score (nSPS) is 9.36. The third-order valence-corrected chi connectivity index (χ3v) is 0.919. The van der Waals surface area contributed by atoms with Crippen molar-refractivity contribution in [3.05, 3.63) is 18.0 Å². The summed E-state index contributed by atoms with van der Waals surface area (Å²) < 4.78 is 23.6. The smallest absolute Gasteiger partial charge is 0.280 e. The van der Waals surface area contributed by atoms with Gasteiger partial charge in [0.2, 0.25) is 5.95 Å². The first-order chi connectivity index (χ1) is 4.70. The summed E-state index contributed by atoms with van der Waals surface area (Å²) in [6.07, 6.45) is -1.38. The molecular formula is C5H6ClF2N3. The Morgan fingerprint density at radius 2 is 2.09 bits per heavy atom. The van der Waals surface area contributed by atoms with E-state index in [0.29, 0.717) is 0 Å². The van der Waals surface area contributed by atoms with Crippen LogP contribution in [0.1, 0.15) is 12.1 Å². The molecule has 0 amide bonds. The minimum Gasteiger partial charge on any atom is -0.368 e. The van der Waals surface area contributed by atoms with Gasteiger partial charge in [-0.15, -0.1) is 12.4 Å². The Balaban J connectivity index is 0.000001000. The quantitative estimate of drug-likeness (QED) is 0.713. The fraction of sp³-hybridized carbons (Fsp3) is 0.200. The van der Waals surface area contributed by atoms with Crippen molar-refractivity contribution in [2.75, 3.05) is 5.73 Å². The van der Waals surface area contributed by atoms with Crippen molar-refractivity contribution < 1.29 is 8.78 Å². The third-order valence-electron chi connectivity index (χ3n) is 0.919. The molecule has 0 aliphatic heterocycles. The second-order valence-corrected chi connectivity index (χ2v) is 1.64. The van der Waals surface area contributed by atoms with E-state index in [9.17, 15) is 8.78 Å². The van der Waals surface area contributed by atoms with Gasteiger partial charge in [0, 0.05) is 6.20 Å². The van der Waals surface area contributed by atoms with Crippen LogP contribution in [0.15, 0.2) is 12.3 Å². The highest BCUT2D eigenvalue weighted by atomic mass is 35.5. The standard InChI is InChI=1S/C5H5F2N3.ClH/c6-4(7)3-1-2-9-5(8)10-3;/h1-2,4H,(H2,8,9,10);1H. The number of hydrogen-bond donors (Lipinski definition) is 1. The van der Waals surface area contributed by atoms with Gasteiger partial charge in [-0.3, -0.25) is 0 Å². The SMILES string of the molecule is Cl.Nc1nccc(C(F)F)n1. The molecule has 62 valence electrons. The maximum atomic E-state index is 11.8. The van der Waals surface area contributed by atoms with Crippen molar-refractivity contribution in [2.45, 2.75) is 6.43 Å². The zero-order valence-corrected chi connectivity index (χ0v) is 6.18. The molecule has 3 nitrogen and oxygen atoms in total. The highest BCUT2D eigenvalue weighted by molar-refractivity contribution is 5.85. The zero-order chi connectivity index (χ0) is 7.56. The van der Waals surface area contributed by atoms with Gasteiger partial charge in [-0.1, -0.05) is 0 Å². The van der Waals surface area contributed by atoms with Gasteiger partial charge in [-0.2, -0.15) is 0 Å². The molecule has 0 aliphatic rings. The molecule has 1 rings (SSSR count). The van der Waals surface area contributed by atoms with E-state index in [1.54, 1.807) is 0 Å².